The summed E-state index contributed by atoms with van der Waals surface area (Å²) in [5, 5.41) is 9.81. The van der Waals surface area contributed by atoms with Gasteiger partial charge in [-0.05, 0) is 25.1 Å². The Morgan fingerprint density at radius 1 is 1.24 bits per heavy atom. The van der Waals surface area contributed by atoms with Gasteiger partial charge in [0.15, 0.2) is 5.76 Å². The van der Waals surface area contributed by atoms with Gasteiger partial charge < -0.3 is 9.84 Å². The summed E-state index contributed by atoms with van der Waals surface area (Å²) in [7, 11) is 1.35. The van der Waals surface area contributed by atoms with Crippen molar-refractivity contribution in [1.82, 2.24) is 25.2 Å². The van der Waals surface area contributed by atoms with E-state index < -0.39 is 35.9 Å². The van der Waals surface area contributed by atoms with Gasteiger partial charge in [0, 0.05) is 24.9 Å². The second-order valence-electron chi connectivity index (χ2n) is 6.12. The van der Waals surface area contributed by atoms with E-state index in [1.807, 2.05) is 0 Å². The molecule has 1 atom stereocenters. The summed E-state index contributed by atoms with van der Waals surface area (Å²) in [5.74, 6) is -0.518. The summed E-state index contributed by atoms with van der Waals surface area (Å²) < 4.78 is 69.9. The highest BCUT2D eigenvalue weighted by Gasteiger charge is 2.32. The van der Waals surface area contributed by atoms with E-state index in [9.17, 15) is 26.7 Å². The number of carbonyl (C=O) groups is 1. The van der Waals surface area contributed by atoms with Gasteiger partial charge in [-0.15, -0.1) is 0 Å². The summed E-state index contributed by atoms with van der Waals surface area (Å²) in [4.78, 5) is 15.6. The summed E-state index contributed by atoms with van der Waals surface area (Å²) in [6, 6.07) is 3.76. The second kappa shape index (κ2) is 7.60. The molecular weight excluding hydrogens is 401 g/mol. The third-order valence-corrected chi connectivity index (χ3v) is 4.00. The first-order chi connectivity index (χ1) is 13.6. The van der Waals surface area contributed by atoms with Gasteiger partial charge in [-0.25, -0.2) is 8.78 Å². The van der Waals surface area contributed by atoms with Crippen LogP contribution < -0.4 is 5.32 Å². The molecule has 154 valence electrons. The molecule has 1 N–H and O–H groups in total. The van der Waals surface area contributed by atoms with Gasteiger partial charge in [0.2, 0.25) is 0 Å². The van der Waals surface area contributed by atoms with Crippen LogP contribution in [0.2, 0.25) is 0 Å². The average Bonchev–Trinajstić information content (AvgIpc) is 3.28. The highest BCUT2D eigenvalue weighted by atomic mass is 19.4. The van der Waals surface area contributed by atoms with Crippen molar-refractivity contribution in [2.45, 2.75) is 25.6 Å². The molecule has 12 heteroatoms. The zero-order valence-electron chi connectivity index (χ0n) is 15.0. The van der Waals surface area contributed by atoms with Crippen LogP contribution in [0.15, 0.2) is 35.0 Å². The standard InChI is InChI=1S/C17H14F5N5O2/c1-8(24-16(28)12-6-11(15(18)19)25-27(12)2)13-7-10(26-29-13)9-3-4-23-14(5-9)17(20,21)22/h3-8,15H,1-2H3,(H,24,28)/t8-/m0/s1. The van der Waals surface area contributed by atoms with Crippen molar-refractivity contribution >= 4 is 5.91 Å². The Kier molecular flexibility index (Phi) is 5.36. The van der Waals surface area contributed by atoms with Gasteiger partial charge in [-0.1, -0.05) is 5.16 Å². The molecule has 0 bridgehead atoms. The van der Waals surface area contributed by atoms with Crippen molar-refractivity contribution in [1.29, 1.82) is 0 Å². The minimum atomic E-state index is -4.61. The van der Waals surface area contributed by atoms with E-state index in [-0.39, 0.29) is 22.7 Å². The number of halogens is 5. The maximum atomic E-state index is 12.8. The molecule has 3 rings (SSSR count). The van der Waals surface area contributed by atoms with Crippen LogP contribution in [-0.4, -0.2) is 25.8 Å². The molecular formula is C17H14F5N5O2. The van der Waals surface area contributed by atoms with Crippen molar-refractivity contribution in [2.24, 2.45) is 7.05 Å². The number of aryl methyl sites for hydroxylation is 1. The predicted octanol–water partition coefficient (Wildman–Crippen LogP) is 3.92. The smallest absolute Gasteiger partial charge is 0.359 e. The molecule has 0 saturated heterocycles. The number of carbonyl (C=O) groups excluding carboxylic acids is 1. The molecule has 0 unspecified atom stereocenters. The number of amides is 1. The van der Waals surface area contributed by atoms with Crippen LogP contribution in [-0.2, 0) is 13.2 Å². The van der Waals surface area contributed by atoms with E-state index in [4.69, 9.17) is 4.52 Å². The number of aromatic nitrogens is 4. The Balaban J connectivity index is 1.76. The van der Waals surface area contributed by atoms with Crippen LogP contribution in [0.3, 0.4) is 0 Å². The molecule has 3 aromatic heterocycles. The van der Waals surface area contributed by atoms with Gasteiger partial charge in [0.05, 0.1) is 6.04 Å². The summed E-state index contributed by atoms with van der Waals surface area (Å²) in [5.41, 5.74) is -1.45. The van der Waals surface area contributed by atoms with E-state index in [1.165, 1.54) is 19.2 Å². The van der Waals surface area contributed by atoms with E-state index in [2.05, 4.69) is 20.6 Å². The number of nitrogens with zero attached hydrogens (tertiary/aromatic N) is 4. The van der Waals surface area contributed by atoms with Crippen LogP contribution in [0, 0.1) is 0 Å². The van der Waals surface area contributed by atoms with Crippen LogP contribution in [0.4, 0.5) is 22.0 Å². The minimum Gasteiger partial charge on any atom is -0.359 e. The molecule has 0 aliphatic rings. The fourth-order valence-corrected chi connectivity index (χ4v) is 2.52. The highest BCUT2D eigenvalue weighted by Crippen LogP contribution is 2.31. The molecule has 1 amide bonds. The largest absolute Gasteiger partial charge is 0.433 e. The molecule has 7 nitrogen and oxygen atoms in total. The first-order valence-corrected chi connectivity index (χ1v) is 8.19. The molecule has 0 radical (unpaired) electrons. The second-order valence-corrected chi connectivity index (χ2v) is 6.12. The lowest BCUT2D eigenvalue weighted by Gasteiger charge is -2.10. The molecule has 3 heterocycles. The number of alkyl halides is 5. The van der Waals surface area contributed by atoms with Gasteiger partial charge in [-0.2, -0.15) is 18.3 Å². The molecule has 0 aliphatic heterocycles. The number of hydrogen-bond acceptors (Lipinski definition) is 5. The Bertz CT molecular complexity index is 1030. The summed E-state index contributed by atoms with van der Waals surface area (Å²) in [6.45, 7) is 1.54. The fourth-order valence-electron chi connectivity index (χ4n) is 2.52. The average molecular weight is 415 g/mol. The normalized spacial score (nSPS) is 13.0. The lowest BCUT2D eigenvalue weighted by Crippen LogP contribution is -2.28. The maximum absolute atomic E-state index is 12.8. The zero-order valence-corrected chi connectivity index (χ0v) is 15.0. The molecule has 0 fully saturated rings. The van der Waals surface area contributed by atoms with Crippen molar-refractivity contribution in [3.8, 4) is 11.3 Å². The van der Waals surface area contributed by atoms with Crippen LogP contribution in [0.5, 0.6) is 0 Å². The SMILES string of the molecule is C[C@H](NC(=O)c1cc(C(F)F)nn1C)c1cc(-c2ccnc(C(F)(F)F)c2)no1. The molecule has 0 saturated carbocycles. The number of nitrogens with one attached hydrogen (secondary N) is 1. The monoisotopic (exact) mass is 415 g/mol. The third kappa shape index (κ3) is 4.41. The van der Waals surface area contributed by atoms with Crippen molar-refractivity contribution in [2.75, 3.05) is 0 Å². The number of hydrogen-bond donors (Lipinski definition) is 1. The topological polar surface area (TPSA) is 85.8 Å². The molecule has 0 spiro atoms. The Morgan fingerprint density at radius 2 is 1.97 bits per heavy atom. The first-order valence-electron chi connectivity index (χ1n) is 8.19. The van der Waals surface area contributed by atoms with E-state index in [0.29, 0.717) is 0 Å². The fraction of sp³-hybridized carbons (Fsp3) is 0.294. The van der Waals surface area contributed by atoms with Crippen LogP contribution in [0.1, 0.15) is 47.0 Å². The number of rotatable bonds is 5. The van der Waals surface area contributed by atoms with Gasteiger partial charge in [0.25, 0.3) is 12.3 Å². The maximum Gasteiger partial charge on any atom is 0.433 e. The zero-order chi connectivity index (χ0) is 21.3. The van der Waals surface area contributed by atoms with Crippen molar-refractivity contribution in [3.63, 3.8) is 0 Å². The minimum absolute atomic E-state index is 0.0872. The predicted molar refractivity (Wildman–Crippen MR) is 88.8 cm³/mol. The molecule has 3 aromatic rings. The van der Waals surface area contributed by atoms with E-state index in [0.717, 1.165) is 23.0 Å². The lowest BCUT2D eigenvalue weighted by molar-refractivity contribution is -0.141. The van der Waals surface area contributed by atoms with E-state index >= 15 is 0 Å². The Labute approximate surface area is 160 Å². The summed E-state index contributed by atoms with van der Waals surface area (Å²) in [6.07, 6.45) is -6.43. The highest BCUT2D eigenvalue weighted by molar-refractivity contribution is 5.92. The van der Waals surface area contributed by atoms with Gasteiger partial charge in [-0.3, -0.25) is 14.5 Å². The molecule has 0 aromatic carbocycles. The molecule has 0 aliphatic carbocycles. The lowest BCUT2D eigenvalue weighted by atomic mass is 10.1. The van der Waals surface area contributed by atoms with Crippen molar-refractivity contribution < 1.29 is 31.3 Å². The quantitative estimate of drug-likeness (QED) is 0.639. The number of pyridine rings is 1. The summed E-state index contributed by atoms with van der Waals surface area (Å²) >= 11 is 0. The third-order valence-electron chi connectivity index (χ3n) is 4.00. The van der Waals surface area contributed by atoms with Crippen LogP contribution in [0.25, 0.3) is 11.3 Å². The Hall–Kier alpha value is -3.31. The Morgan fingerprint density at radius 3 is 2.59 bits per heavy atom. The van der Waals surface area contributed by atoms with Crippen molar-refractivity contribution in [3.05, 3.63) is 53.3 Å². The van der Waals surface area contributed by atoms with E-state index in [1.54, 1.807) is 6.92 Å². The first kappa shape index (κ1) is 20.4. The molecule has 29 heavy (non-hydrogen) atoms. The van der Waals surface area contributed by atoms with Gasteiger partial charge >= 0.3 is 6.18 Å². The van der Waals surface area contributed by atoms with Gasteiger partial charge in [0.1, 0.15) is 22.8 Å². The van der Waals surface area contributed by atoms with Crippen LogP contribution >= 0.6 is 0 Å².